The van der Waals surface area contributed by atoms with Crippen molar-refractivity contribution in [3.63, 3.8) is 0 Å². The lowest BCUT2D eigenvalue weighted by atomic mass is 10.3. The van der Waals surface area contributed by atoms with Gasteiger partial charge >= 0.3 is 0 Å². The number of rotatable bonds is 13. The maximum absolute atomic E-state index is 16.6. The summed E-state index contributed by atoms with van der Waals surface area (Å²) in [6.07, 6.45) is 1.41. The molecule has 7 nitrogen and oxygen atoms in total. The van der Waals surface area contributed by atoms with Gasteiger partial charge < -0.3 is 18.9 Å². The van der Waals surface area contributed by atoms with Gasteiger partial charge in [0.25, 0.3) is 0 Å². The van der Waals surface area contributed by atoms with Gasteiger partial charge in [0.1, 0.15) is 33.6 Å². The highest BCUT2D eigenvalue weighted by Gasteiger charge is 2.52. The van der Waals surface area contributed by atoms with Crippen molar-refractivity contribution in [3.05, 3.63) is 97.1 Å². The Bertz CT molecular complexity index is 1400. The lowest BCUT2D eigenvalue weighted by molar-refractivity contribution is 0.396. The molecule has 0 aromatic heterocycles. The van der Waals surface area contributed by atoms with Gasteiger partial charge in [0.15, 0.2) is 0 Å². The van der Waals surface area contributed by atoms with Crippen LogP contribution in [0.25, 0.3) is 0 Å². The molecule has 4 rings (SSSR count). The van der Waals surface area contributed by atoms with Crippen molar-refractivity contribution >= 4 is 35.8 Å². The minimum atomic E-state index is -4.16. The molecule has 0 spiro atoms. The average Bonchev–Trinajstić information content (AvgIpc) is 3.04. The molecule has 0 heterocycles. The van der Waals surface area contributed by atoms with Crippen molar-refractivity contribution < 1.29 is 28.1 Å². The van der Waals surface area contributed by atoms with E-state index < -0.39 is 14.6 Å². The van der Waals surface area contributed by atoms with Gasteiger partial charge in [0.05, 0.1) is 28.4 Å². The minimum absolute atomic E-state index is 0.247. The Balaban J connectivity index is 2.26. The summed E-state index contributed by atoms with van der Waals surface area (Å²) in [6.45, 7) is 2.30. The fourth-order valence-corrected chi connectivity index (χ4v) is 13.0. The zero-order valence-electron chi connectivity index (χ0n) is 24.2. The topological polar surface area (TPSA) is 74.3 Å². The molecule has 4 aromatic rings. The van der Waals surface area contributed by atoms with Gasteiger partial charge in [-0.1, -0.05) is 61.9 Å². The first-order valence-corrected chi connectivity index (χ1v) is 16.8. The number of nitrogens with zero attached hydrogens (tertiary/aromatic N) is 1. The van der Waals surface area contributed by atoms with E-state index in [1.165, 1.54) is 28.4 Å². The predicted molar refractivity (Wildman–Crippen MR) is 167 cm³/mol. The standard InChI is InChI=1S/C32H37NO6P2/c1-6-7-24-33(40(34,25-16-10-8-11-17-25)26-18-12-9-13-19-26)41(35,31-27(36-2)20-14-21-28(31)37-3)32-29(38-4)22-15-23-30(32)39-5/h8-23H,6-7,24H2,1-5H3. The van der Waals surface area contributed by atoms with E-state index in [1.807, 2.05) is 67.6 Å². The molecule has 0 saturated heterocycles. The van der Waals surface area contributed by atoms with E-state index in [1.54, 1.807) is 40.8 Å². The van der Waals surface area contributed by atoms with Gasteiger partial charge in [-0.2, -0.15) is 4.44 Å². The lowest BCUT2D eigenvalue weighted by Gasteiger charge is -2.40. The summed E-state index contributed by atoms with van der Waals surface area (Å²) in [5.74, 6) is 1.37. The van der Waals surface area contributed by atoms with Crippen molar-refractivity contribution in [2.45, 2.75) is 19.8 Å². The summed E-state index contributed by atoms with van der Waals surface area (Å²) in [7, 11) is -1.87. The van der Waals surface area contributed by atoms with Crippen LogP contribution in [0.3, 0.4) is 0 Å². The first-order chi connectivity index (χ1) is 19.9. The van der Waals surface area contributed by atoms with Gasteiger partial charge in [-0.3, -0.25) is 9.13 Å². The van der Waals surface area contributed by atoms with E-state index >= 15 is 9.13 Å². The molecule has 0 N–H and O–H groups in total. The third-order valence-electron chi connectivity index (χ3n) is 6.98. The molecule has 0 aliphatic rings. The normalized spacial score (nSPS) is 11.8. The number of methoxy groups -OCH3 is 4. The van der Waals surface area contributed by atoms with E-state index in [9.17, 15) is 0 Å². The van der Waals surface area contributed by atoms with Crippen LogP contribution in [0, 0.1) is 0 Å². The van der Waals surface area contributed by atoms with Crippen LogP contribution in [0.2, 0.25) is 0 Å². The van der Waals surface area contributed by atoms with Gasteiger partial charge in [-0.15, -0.1) is 0 Å². The number of unbranched alkanes of at least 4 members (excludes halogenated alkanes) is 1. The Morgan fingerprint density at radius 2 is 0.902 bits per heavy atom. The maximum atomic E-state index is 16.6. The fourth-order valence-electron chi connectivity index (χ4n) is 5.04. The quantitative estimate of drug-likeness (QED) is 0.177. The van der Waals surface area contributed by atoms with E-state index in [-0.39, 0.29) is 17.2 Å². The molecule has 0 bridgehead atoms. The maximum Gasteiger partial charge on any atom is 0.228 e. The summed E-state index contributed by atoms with van der Waals surface area (Å²) in [4.78, 5) is 0. The third-order valence-corrected chi connectivity index (χ3v) is 14.3. The van der Waals surface area contributed by atoms with Crippen LogP contribution in [-0.2, 0) is 9.13 Å². The van der Waals surface area contributed by atoms with Crippen molar-refractivity contribution in [3.8, 4) is 23.0 Å². The van der Waals surface area contributed by atoms with Crippen LogP contribution in [-0.4, -0.2) is 39.4 Å². The number of ether oxygens (including phenoxy) is 4. The Labute approximate surface area is 242 Å². The Morgan fingerprint density at radius 1 is 0.537 bits per heavy atom. The molecule has 4 aromatic carbocycles. The monoisotopic (exact) mass is 593 g/mol. The highest BCUT2D eigenvalue weighted by Crippen LogP contribution is 2.67. The second kappa shape index (κ2) is 13.4. The summed E-state index contributed by atoms with van der Waals surface area (Å²) in [5.41, 5.74) is 0. The molecule has 0 fully saturated rings. The SMILES string of the molecule is CCCCN(P(=O)(c1ccccc1)c1ccccc1)P(=O)(c1c(OC)cccc1OC)c1c(OC)cccc1OC. The third kappa shape index (κ3) is 5.55. The summed E-state index contributed by atoms with van der Waals surface area (Å²) in [6, 6.07) is 29.0. The first kappa shape index (κ1) is 30.5. The van der Waals surface area contributed by atoms with Crippen molar-refractivity contribution in [1.29, 1.82) is 0 Å². The van der Waals surface area contributed by atoms with Crippen LogP contribution < -0.4 is 40.2 Å². The molecule has 0 atom stereocenters. The van der Waals surface area contributed by atoms with Crippen LogP contribution >= 0.6 is 14.6 Å². The molecule has 41 heavy (non-hydrogen) atoms. The lowest BCUT2D eigenvalue weighted by Crippen LogP contribution is -2.38. The van der Waals surface area contributed by atoms with Crippen molar-refractivity contribution in [2.75, 3.05) is 35.0 Å². The molecule has 0 amide bonds. The second-order valence-corrected chi connectivity index (χ2v) is 14.8. The summed E-state index contributed by atoms with van der Waals surface area (Å²) in [5, 5.41) is 1.70. The molecule has 0 radical (unpaired) electrons. The van der Waals surface area contributed by atoms with Gasteiger partial charge in [-0.05, 0) is 55.0 Å². The van der Waals surface area contributed by atoms with Crippen LogP contribution in [0.15, 0.2) is 97.1 Å². The Hall–Kier alpha value is -3.50. The Kier molecular flexibility index (Phi) is 9.99. The fraction of sp³-hybridized carbons (Fsp3) is 0.250. The van der Waals surface area contributed by atoms with Gasteiger partial charge in [0, 0.05) is 17.2 Å². The zero-order valence-corrected chi connectivity index (χ0v) is 25.9. The highest BCUT2D eigenvalue weighted by molar-refractivity contribution is 7.90. The molecule has 0 saturated carbocycles. The van der Waals surface area contributed by atoms with Gasteiger partial charge in [-0.25, -0.2) is 0 Å². The molecule has 9 heteroatoms. The molecule has 216 valence electrons. The predicted octanol–water partition coefficient (Wildman–Crippen LogP) is 5.98. The molecular formula is C32H37NO6P2. The van der Waals surface area contributed by atoms with E-state index in [0.29, 0.717) is 40.0 Å². The van der Waals surface area contributed by atoms with E-state index in [0.717, 1.165) is 6.42 Å². The second-order valence-electron chi connectivity index (χ2n) is 9.29. The first-order valence-electron chi connectivity index (χ1n) is 13.4. The minimum Gasteiger partial charge on any atom is -0.496 e. The average molecular weight is 594 g/mol. The van der Waals surface area contributed by atoms with E-state index in [4.69, 9.17) is 18.9 Å². The van der Waals surface area contributed by atoms with Gasteiger partial charge in [0.2, 0.25) is 14.6 Å². The largest absolute Gasteiger partial charge is 0.496 e. The van der Waals surface area contributed by atoms with Crippen molar-refractivity contribution in [1.82, 2.24) is 4.44 Å². The number of hydrogen-bond acceptors (Lipinski definition) is 6. The number of benzene rings is 4. The van der Waals surface area contributed by atoms with Crippen LogP contribution in [0.5, 0.6) is 23.0 Å². The van der Waals surface area contributed by atoms with Crippen molar-refractivity contribution in [2.24, 2.45) is 0 Å². The van der Waals surface area contributed by atoms with Crippen LogP contribution in [0.1, 0.15) is 19.8 Å². The molecule has 0 aliphatic heterocycles. The zero-order chi connectivity index (χ0) is 29.5. The smallest absolute Gasteiger partial charge is 0.228 e. The molecule has 0 unspecified atom stereocenters. The molecule has 0 aliphatic carbocycles. The summed E-state index contributed by atoms with van der Waals surface area (Å²) >= 11 is 0. The number of hydrogen-bond donors (Lipinski definition) is 0. The highest BCUT2D eigenvalue weighted by atomic mass is 31.2. The van der Waals surface area contributed by atoms with Crippen LogP contribution in [0.4, 0.5) is 0 Å². The summed E-state index contributed by atoms with van der Waals surface area (Å²) < 4.78 is 57.6. The molecular weight excluding hydrogens is 556 g/mol. The Morgan fingerprint density at radius 3 is 1.22 bits per heavy atom. The van der Waals surface area contributed by atoms with E-state index in [2.05, 4.69) is 0 Å².